The lowest BCUT2D eigenvalue weighted by Crippen LogP contribution is -2.00. The van der Waals surface area contributed by atoms with Crippen molar-refractivity contribution in [1.82, 2.24) is 4.98 Å². The van der Waals surface area contributed by atoms with E-state index in [9.17, 15) is 5.11 Å². The van der Waals surface area contributed by atoms with Crippen LogP contribution in [0.15, 0.2) is 95.2 Å². The van der Waals surface area contributed by atoms with Crippen molar-refractivity contribution in [3.05, 3.63) is 102 Å². The first-order valence-corrected chi connectivity index (χ1v) is 12.5. The molecular formula is C32H31NO3. The minimum absolute atomic E-state index is 0.342. The van der Waals surface area contributed by atoms with Crippen molar-refractivity contribution in [2.75, 3.05) is 0 Å². The minimum Gasteiger partial charge on any atom is -0.494 e. The molecule has 5 rings (SSSR count). The number of aryl methyl sites for hydroxylation is 1. The van der Waals surface area contributed by atoms with Crippen LogP contribution in [-0.4, -0.2) is 16.2 Å². The van der Waals surface area contributed by atoms with Crippen molar-refractivity contribution < 1.29 is 14.3 Å². The van der Waals surface area contributed by atoms with E-state index >= 15 is 0 Å². The van der Waals surface area contributed by atoms with Gasteiger partial charge in [0.1, 0.15) is 17.8 Å². The zero-order chi connectivity index (χ0) is 25.1. The summed E-state index contributed by atoms with van der Waals surface area (Å²) in [7, 11) is 0. The molecule has 0 spiro atoms. The number of hydrogen-bond donors (Lipinski definition) is 1. The van der Waals surface area contributed by atoms with Crippen molar-refractivity contribution in [2.45, 2.75) is 46.3 Å². The molecule has 5 aromatic rings. The maximum atomic E-state index is 9.68. The van der Waals surface area contributed by atoms with Crippen LogP contribution in [0.2, 0.25) is 0 Å². The second-order valence-corrected chi connectivity index (χ2v) is 9.26. The average molecular weight is 478 g/mol. The molecular weight excluding hydrogens is 446 g/mol. The summed E-state index contributed by atoms with van der Waals surface area (Å²) in [5.74, 6) is 0.675. The molecule has 3 aromatic carbocycles. The summed E-state index contributed by atoms with van der Waals surface area (Å²) in [6.45, 7) is 6.11. The van der Waals surface area contributed by atoms with Crippen LogP contribution in [0.3, 0.4) is 0 Å². The molecule has 1 unspecified atom stereocenters. The van der Waals surface area contributed by atoms with Gasteiger partial charge in [0, 0.05) is 22.5 Å². The van der Waals surface area contributed by atoms with Gasteiger partial charge in [-0.05, 0) is 61.2 Å². The number of pyridine rings is 1. The Morgan fingerprint density at radius 2 is 1.81 bits per heavy atom. The Bertz CT molecular complexity index is 1530. The SMILES string of the molecule is CCCc1ccc(-c2ccnc(-c3c(CO/C(C)=C\C(C)O)ccc4c3oc3ccccc34)c2)cc1. The Balaban J connectivity index is 1.62. The van der Waals surface area contributed by atoms with Crippen molar-refractivity contribution in [2.24, 2.45) is 0 Å². The predicted molar refractivity (Wildman–Crippen MR) is 147 cm³/mol. The molecule has 0 saturated carbocycles. The maximum absolute atomic E-state index is 9.68. The summed E-state index contributed by atoms with van der Waals surface area (Å²) in [5, 5.41) is 11.8. The fourth-order valence-electron chi connectivity index (χ4n) is 4.71. The molecule has 4 heteroatoms. The second-order valence-electron chi connectivity index (χ2n) is 9.26. The van der Waals surface area contributed by atoms with Gasteiger partial charge in [0.2, 0.25) is 0 Å². The number of aliphatic hydroxyl groups is 1. The van der Waals surface area contributed by atoms with E-state index in [1.165, 1.54) is 5.56 Å². The highest BCUT2D eigenvalue weighted by atomic mass is 16.5. The third kappa shape index (κ3) is 4.91. The van der Waals surface area contributed by atoms with Crippen molar-refractivity contribution in [3.8, 4) is 22.4 Å². The number of fused-ring (bicyclic) bond motifs is 3. The average Bonchev–Trinajstić information content (AvgIpc) is 3.26. The van der Waals surface area contributed by atoms with E-state index in [0.717, 1.165) is 62.7 Å². The number of para-hydroxylation sites is 1. The molecule has 1 N–H and O–H groups in total. The Kier molecular flexibility index (Phi) is 6.88. The van der Waals surface area contributed by atoms with Crippen LogP contribution in [0, 0.1) is 0 Å². The molecule has 0 radical (unpaired) electrons. The Hall–Kier alpha value is -3.89. The molecule has 4 nitrogen and oxygen atoms in total. The number of nitrogens with zero attached hydrogens (tertiary/aromatic N) is 1. The van der Waals surface area contributed by atoms with Crippen LogP contribution >= 0.6 is 0 Å². The van der Waals surface area contributed by atoms with Gasteiger partial charge in [-0.1, -0.05) is 67.9 Å². The zero-order valence-corrected chi connectivity index (χ0v) is 21.0. The molecule has 0 bridgehead atoms. The summed E-state index contributed by atoms with van der Waals surface area (Å²) >= 11 is 0. The van der Waals surface area contributed by atoms with Crippen molar-refractivity contribution >= 4 is 21.9 Å². The lowest BCUT2D eigenvalue weighted by atomic mass is 9.97. The number of rotatable bonds is 8. The fourth-order valence-corrected chi connectivity index (χ4v) is 4.71. The van der Waals surface area contributed by atoms with Gasteiger partial charge in [0.15, 0.2) is 0 Å². The van der Waals surface area contributed by atoms with Crippen LogP contribution in [0.1, 0.15) is 38.3 Å². The quantitative estimate of drug-likeness (QED) is 0.230. The molecule has 1 atom stereocenters. The molecule has 182 valence electrons. The molecule has 0 aliphatic carbocycles. The number of hydrogen-bond acceptors (Lipinski definition) is 4. The molecule has 36 heavy (non-hydrogen) atoms. The largest absolute Gasteiger partial charge is 0.494 e. The summed E-state index contributed by atoms with van der Waals surface area (Å²) < 4.78 is 12.4. The number of aromatic nitrogens is 1. The smallest absolute Gasteiger partial charge is 0.145 e. The molecule has 0 aliphatic rings. The number of ether oxygens (including phenoxy) is 1. The van der Waals surface area contributed by atoms with Gasteiger partial charge in [0.25, 0.3) is 0 Å². The van der Waals surface area contributed by atoms with E-state index in [1.54, 1.807) is 13.0 Å². The molecule has 2 aromatic heterocycles. The lowest BCUT2D eigenvalue weighted by molar-refractivity contribution is 0.185. The van der Waals surface area contributed by atoms with E-state index in [4.69, 9.17) is 14.1 Å². The van der Waals surface area contributed by atoms with Crippen LogP contribution in [-0.2, 0) is 17.8 Å². The van der Waals surface area contributed by atoms with Gasteiger partial charge in [-0.2, -0.15) is 0 Å². The first kappa shape index (κ1) is 23.8. The molecule has 2 heterocycles. The number of aliphatic hydroxyl groups excluding tert-OH is 1. The highest BCUT2D eigenvalue weighted by molar-refractivity contribution is 6.10. The van der Waals surface area contributed by atoms with Gasteiger partial charge in [-0.15, -0.1) is 0 Å². The Labute approximate surface area is 211 Å². The van der Waals surface area contributed by atoms with Crippen molar-refractivity contribution in [3.63, 3.8) is 0 Å². The molecule has 0 saturated heterocycles. The molecule has 0 amide bonds. The van der Waals surface area contributed by atoms with Crippen LogP contribution < -0.4 is 0 Å². The normalized spacial score (nSPS) is 12.8. The first-order chi connectivity index (χ1) is 17.5. The van der Waals surface area contributed by atoms with E-state index in [0.29, 0.717) is 12.4 Å². The topological polar surface area (TPSA) is 55.5 Å². The van der Waals surface area contributed by atoms with Gasteiger partial charge >= 0.3 is 0 Å². The highest BCUT2D eigenvalue weighted by Gasteiger charge is 2.18. The number of furan rings is 1. The van der Waals surface area contributed by atoms with Gasteiger partial charge in [-0.25, -0.2) is 0 Å². The summed E-state index contributed by atoms with van der Waals surface area (Å²) in [5.41, 5.74) is 8.00. The van der Waals surface area contributed by atoms with Crippen LogP contribution in [0.4, 0.5) is 0 Å². The monoisotopic (exact) mass is 477 g/mol. The highest BCUT2D eigenvalue weighted by Crippen LogP contribution is 2.38. The summed E-state index contributed by atoms with van der Waals surface area (Å²) in [4.78, 5) is 4.77. The predicted octanol–water partition coefficient (Wildman–Crippen LogP) is 8.07. The standard InChI is InChI=1S/C32H31NO3/c1-4-7-23-10-12-24(13-11-23)25-16-17-33-29(19-25)31-26(20-35-22(3)18-21(2)34)14-15-28-27-8-5-6-9-30(27)36-32(28)31/h5-6,8-19,21,34H,4,7,20H2,1-3H3/b22-18-. The molecule has 0 aliphatic heterocycles. The second kappa shape index (κ2) is 10.4. The van der Waals surface area contributed by atoms with E-state index in [2.05, 4.69) is 55.5 Å². The van der Waals surface area contributed by atoms with Gasteiger partial charge in [0.05, 0.1) is 23.1 Å². The van der Waals surface area contributed by atoms with Crippen molar-refractivity contribution in [1.29, 1.82) is 0 Å². The number of benzene rings is 3. The van der Waals surface area contributed by atoms with Crippen LogP contribution in [0.25, 0.3) is 44.3 Å². The van der Waals surface area contributed by atoms with Gasteiger partial charge < -0.3 is 14.3 Å². The summed E-state index contributed by atoms with van der Waals surface area (Å²) in [6, 6.07) is 25.2. The Morgan fingerprint density at radius 1 is 1.00 bits per heavy atom. The third-order valence-electron chi connectivity index (χ3n) is 6.41. The maximum Gasteiger partial charge on any atom is 0.145 e. The first-order valence-electron chi connectivity index (χ1n) is 12.5. The van der Waals surface area contributed by atoms with Gasteiger partial charge in [-0.3, -0.25) is 4.98 Å². The Morgan fingerprint density at radius 3 is 2.58 bits per heavy atom. The molecule has 0 fully saturated rings. The van der Waals surface area contributed by atoms with E-state index in [-0.39, 0.29) is 0 Å². The fraction of sp³-hybridized carbons (Fsp3) is 0.219. The minimum atomic E-state index is -0.565. The lowest BCUT2D eigenvalue weighted by Gasteiger charge is -2.13. The summed E-state index contributed by atoms with van der Waals surface area (Å²) in [6.07, 6.45) is 5.21. The van der Waals surface area contributed by atoms with E-state index < -0.39 is 6.10 Å². The van der Waals surface area contributed by atoms with Crippen LogP contribution in [0.5, 0.6) is 0 Å². The third-order valence-corrected chi connectivity index (χ3v) is 6.41. The zero-order valence-electron chi connectivity index (χ0n) is 21.0. The number of allylic oxidation sites excluding steroid dienone is 1. The van der Waals surface area contributed by atoms with E-state index in [1.807, 2.05) is 37.4 Å².